The van der Waals surface area contributed by atoms with Crippen LogP contribution in [0.4, 0.5) is 0 Å². The van der Waals surface area contributed by atoms with Gasteiger partial charge in [-0.25, -0.2) is 59.8 Å². The van der Waals surface area contributed by atoms with Crippen molar-refractivity contribution in [2.75, 3.05) is 0 Å². The predicted octanol–water partition coefficient (Wildman–Crippen LogP) is 9.51. The minimum atomic E-state index is -1.01. The van der Waals surface area contributed by atoms with Crippen LogP contribution in [-0.4, -0.2) is 108 Å². The molecule has 4 aromatic carbocycles. The number of aromatic nitrogens is 18. The number of imidazole rings is 4. The fraction of sp³-hybridized carbons (Fsp3) is 0.169. The molecule has 0 radical (unpaired) electrons. The number of hydrogen-bond donors (Lipinski definition) is 0. The maximum absolute atomic E-state index is 4.65. The first-order valence-electron chi connectivity index (χ1n) is 33.3. The van der Waals surface area contributed by atoms with Gasteiger partial charge in [0.1, 0.15) is 47.4 Å². The van der Waals surface area contributed by atoms with Gasteiger partial charge in [-0.1, -0.05) is 106 Å². The Hall–Kier alpha value is -12.3. The molecule has 16 heterocycles. The molecule has 10 aromatic heterocycles. The van der Waals surface area contributed by atoms with Crippen LogP contribution in [0.3, 0.4) is 0 Å². The molecule has 14 aromatic rings. The van der Waals surface area contributed by atoms with E-state index in [2.05, 4.69) is 242 Å². The maximum Gasteiger partial charge on any atom is 0.553 e. The summed E-state index contributed by atoms with van der Waals surface area (Å²) in [5.41, 5.74) is 28.2. The highest BCUT2D eigenvalue weighted by molar-refractivity contribution is 6.30. The zero-order chi connectivity index (χ0) is 63.7. The molecular weight excluding hydrogens is 1200 g/mol. The summed E-state index contributed by atoms with van der Waals surface area (Å²) in [7, 11) is 0. The summed E-state index contributed by atoms with van der Waals surface area (Å²) in [5.74, 6) is -1.01. The first-order chi connectivity index (χ1) is 48.2. The van der Waals surface area contributed by atoms with Gasteiger partial charge in [0, 0.05) is 50.5 Å². The van der Waals surface area contributed by atoms with Crippen molar-refractivity contribution in [3.05, 3.63) is 299 Å². The van der Waals surface area contributed by atoms with Crippen LogP contribution in [0, 0.1) is 0 Å². The lowest BCUT2D eigenvalue weighted by Gasteiger charge is -2.41. The average molecular weight is 1270 g/mol. The van der Waals surface area contributed by atoms with Gasteiger partial charge in [0.25, 0.3) is 0 Å². The van der Waals surface area contributed by atoms with Crippen molar-refractivity contribution in [2.45, 2.75) is 83.5 Å². The Bertz CT molecular complexity index is 5650. The van der Waals surface area contributed by atoms with Gasteiger partial charge < -0.3 is 18.3 Å². The second-order valence-corrected chi connectivity index (χ2v) is 25.6. The Balaban J connectivity index is 0.807. The largest absolute Gasteiger partial charge is 0.553 e. The third-order valence-electron chi connectivity index (χ3n) is 20.4. The quantitative estimate of drug-likeness (QED) is 0.0658. The van der Waals surface area contributed by atoms with Gasteiger partial charge in [-0.3, -0.25) is 0 Å². The number of fused-ring (bicyclic) bond motifs is 4. The molecule has 6 aliphatic heterocycles. The van der Waals surface area contributed by atoms with Crippen LogP contribution >= 0.6 is 0 Å². The van der Waals surface area contributed by atoms with E-state index in [1.165, 1.54) is 66.8 Å². The highest BCUT2D eigenvalue weighted by atomic mass is 15.6. The Morgan fingerprint density at radius 3 is 0.979 bits per heavy atom. The maximum atomic E-state index is 4.65. The highest BCUT2D eigenvalue weighted by Crippen LogP contribution is 2.54. The van der Waals surface area contributed by atoms with Gasteiger partial charge in [0.15, 0.2) is 22.6 Å². The fourth-order valence-corrected chi connectivity index (χ4v) is 16.4. The standard InChI is InChI=1S/C77H60N20/c1-5-21-53(49(13-1)17-9-33-90-45-86-57-37-78-41-82-73(57)90)69-61-25-27-63-70(54-22-6-2-14-50(54)18-10-34-91-46-87-58-38-79-42-83-74(58)91)65-29-31-67-72(56-24-8-4-16-52(56)20-12-36-93-48-89-60-40-81-44-85-76(60)93)68-32-30-66-71(64-28-26-62(69)95(64)77(94(61)63,96(65)67)97(66)68)55-23-7-3-15-51(55)19-11-35-92-47-88-59-39-80-43-84-75(59)92/h1-8,13-16,21-32,37-48H,9-12,17-20,33-36H2/q+2. The molecule has 0 aliphatic carbocycles. The second-order valence-electron chi connectivity index (χ2n) is 25.6. The molecule has 0 atom stereocenters. The lowest BCUT2D eigenvalue weighted by Crippen LogP contribution is -2.71. The molecule has 0 amide bonds. The molecule has 0 bridgehead atoms. The van der Waals surface area contributed by atoms with Crippen LogP contribution < -0.4 is 10.7 Å². The second kappa shape index (κ2) is 21.9. The molecule has 0 saturated carbocycles. The summed E-state index contributed by atoms with van der Waals surface area (Å²) < 4.78 is 19.5. The monoisotopic (exact) mass is 1260 g/mol. The minimum absolute atomic E-state index is 0.759. The van der Waals surface area contributed by atoms with Crippen molar-refractivity contribution in [2.24, 2.45) is 0 Å². The SMILES string of the molecule is C1=CC2=[N+]3C1=C(c1ccccc1CCCn1cnc4cncnc41)c1ccc4n1C31n3c(ccc3=C(c3ccccc3CCCn3cnc5cncnc53)C3=[N+]1C(=C4c1ccccc1CCCn1cnc4cncnc41)C=C3)=C2c1ccccc1CCCn1cnc2cncnc21. The van der Waals surface area contributed by atoms with Crippen molar-refractivity contribution in [1.82, 2.24) is 87.2 Å². The predicted molar refractivity (Wildman–Crippen MR) is 368 cm³/mol. The van der Waals surface area contributed by atoms with E-state index in [9.17, 15) is 0 Å². The van der Waals surface area contributed by atoms with Gasteiger partial charge >= 0.3 is 5.91 Å². The van der Waals surface area contributed by atoms with Crippen LogP contribution in [0.1, 0.15) is 81.6 Å². The van der Waals surface area contributed by atoms with Crippen LogP contribution in [-0.2, 0) is 57.8 Å². The Morgan fingerprint density at radius 1 is 0.320 bits per heavy atom. The zero-order valence-corrected chi connectivity index (χ0v) is 52.7. The van der Waals surface area contributed by atoms with E-state index in [0.29, 0.717) is 0 Å². The molecule has 0 unspecified atom stereocenters. The Kier molecular flexibility index (Phi) is 12.4. The normalized spacial score (nSPS) is 15.3. The van der Waals surface area contributed by atoms with Gasteiger partial charge in [0.05, 0.1) is 94.5 Å². The van der Waals surface area contributed by atoms with Crippen LogP contribution in [0.5, 0.6) is 0 Å². The number of hydrogen-bond acceptors (Lipinski definition) is 12. The van der Waals surface area contributed by atoms with E-state index in [0.717, 1.165) is 167 Å². The van der Waals surface area contributed by atoms with E-state index >= 15 is 0 Å². The summed E-state index contributed by atoms with van der Waals surface area (Å²) >= 11 is 0. The van der Waals surface area contributed by atoms with Crippen molar-refractivity contribution < 1.29 is 9.15 Å². The van der Waals surface area contributed by atoms with E-state index in [1.807, 2.05) is 25.3 Å². The van der Waals surface area contributed by atoms with E-state index in [4.69, 9.17) is 0 Å². The van der Waals surface area contributed by atoms with Gasteiger partial charge in [-0.05, 0) is 120 Å². The summed E-state index contributed by atoms with van der Waals surface area (Å²) in [5, 5.41) is 2.30. The van der Waals surface area contributed by atoms with E-state index < -0.39 is 5.91 Å². The molecule has 97 heavy (non-hydrogen) atoms. The van der Waals surface area contributed by atoms with Gasteiger partial charge in [0.2, 0.25) is 22.8 Å². The molecule has 20 rings (SSSR count). The lowest BCUT2D eigenvalue weighted by atomic mass is 9.88. The molecule has 1 spiro atoms. The Labute approximate surface area is 554 Å². The number of rotatable bonds is 20. The molecule has 0 fully saturated rings. The van der Waals surface area contributed by atoms with Crippen LogP contribution in [0.25, 0.3) is 66.9 Å². The molecule has 20 heteroatoms. The summed E-state index contributed by atoms with van der Waals surface area (Å²) in [6.45, 7) is 3.04. The molecule has 0 N–H and O–H groups in total. The number of aryl methyl sites for hydroxylation is 8. The molecule has 6 aliphatic rings. The number of benzene rings is 4. The van der Waals surface area contributed by atoms with Crippen LogP contribution in [0.2, 0.25) is 0 Å². The lowest BCUT2D eigenvalue weighted by molar-refractivity contribution is -0.834. The number of nitrogens with zero attached hydrogens (tertiary/aromatic N) is 20. The van der Waals surface area contributed by atoms with Crippen molar-refractivity contribution in [3.8, 4) is 0 Å². The zero-order valence-electron chi connectivity index (χ0n) is 52.7. The van der Waals surface area contributed by atoms with Crippen LogP contribution in [0.15, 0.2) is 232 Å². The first kappa shape index (κ1) is 55.2. The summed E-state index contributed by atoms with van der Waals surface area (Å²) in [6.07, 6.45) is 37.7. The average Bonchev–Trinajstić information content (AvgIpc) is 1.53. The third-order valence-corrected chi connectivity index (χ3v) is 20.4. The smallest absolute Gasteiger partial charge is 0.315 e. The summed E-state index contributed by atoms with van der Waals surface area (Å²) in [6, 6.07) is 46.1. The summed E-state index contributed by atoms with van der Waals surface area (Å²) in [4.78, 5) is 54.1. The highest BCUT2D eigenvalue weighted by Gasteiger charge is 2.73. The fourth-order valence-electron chi connectivity index (χ4n) is 16.4. The Morgan fingerprint density at radius 2 is 0.639 bits per heavy atom. The third kappa shape index (κ3) is 8.28. The molecule has 0 saturated heterocycles. The topological polar surface area (TPSA) is 190 Å². The van der Waals surface area contributed by atoms with Crippen molar-refractivity contribution >= 4 is 78.4 Å². The van der Waals surface area contributed by atoms with Crippen molar-refractivity contribution in [1.29, 1.82) is 0 Å². The molecule has 466 valence electrons. The molecule has 20 nitrogen and oxygen atoms in total. The van der Waals surface area contributed by atoms with Gasteiger partial charge in [-0.15, -0.1) is 0 Å². The molecular formula is C77H60N20+2. The minimum Gasteiger partial charge on any atom is -0.315 e. The van der Waals surface area contributed by atoms with E-state index in [1.54, 1.807) is 50.1 Å². The van der Waals surface area contributed by atoms with Crippen molar-refractivity contribution in [3.63, 3.8) is 0 Å². The van der Waals surface area contributed by atoms with E-state index in [-0.39, 0.29) is 0 Å². The van der Waals surface area contributed by atoms with Gasteiger partial charge in [-0.2, -0.15) is 9.13 Å². The first-order valence-corrected chi connectivity index (χ1v) is 33.3. The number of allylic oxidation sites excluding steroid dienone is 4.